The molecule has 0 radical (unpaired) electrons. The zero-order valence-corrected chi connectivity index (χ0v) is 18.1. The Morgan fingerprint density at radius 3 is 1.90 bits per heavy atom. The number of benzene rings is 2. The van der Waals surface area contributed by atoms with Crippen LogP contribution in [0, 0.1) is 5.92 Å². The van der Waals surface area contributed by atoms with E-state index < -0.39 is 0 Å². The molecule has 0 aromatic heterocycles. The predicted molar refractivity (Wildman–Crippen MR) is 122 cm³/mol. The van der Waals surface area contributed by atoms with Crippen LogP contribution in [-0.4, -0.2) is 24.4 Å². The molecule has 0 heterocycles. The van der Waals surface area contributed by atoms with Gasteiger partial charge in [0.1, 0.15) is 0 Å². The van der Waals surface area contributed by atoms with Crippen molar-refractivity contribution in [2.75, 3.05) is 6.54 Å². The highest BCUT2D eigenvalue weighted by molar-refractivity contribution is 5.86. The Balaban J connectivity index is 1.23. The number of nitrogens with one attached hydrogen (secondary N) is 2. The minimum absolute atomic E-state index is 0.0318. The summed E-state index contributed by atoms with van der Waals surface area (Å²) in [4.78, 5) is 26.2. The van der Waals surface area contributed by atoms with E-state index in [2.05, 4.69) is 47.0 Å². The summed E-state index contributed by atoms with van der Waals surface area (Å²) in [5, 5.41) is 6.50. The molecule has 3 aliphatic carbocycles. The highest BCUT2D eigenvalue weighted by Crippen LogP contribution is 2.36. The van der Waals surface area contributed by atoms with Crippen LogP contribution >= 0.6 is 0 Å². The number of carbonyl (C=O) groups excluding carboxylic acids is 2. The highest BCUT2D eigenvalue weighted by Gasteiger charge is 2.36. The first-order chi connectivity index (χ1) is 15.2. The average Bonchev–Trinajstić information content (AvgIpc) is 3.66. The largest absolute Gasteiger partial charge is 0.354 e. The zero-order chi connectivity index (χ0) is 21.2. The third kappa shape index (κ3) is 4.39. The van der Waals surface area contributed by atoms with E-state index in [1.807, 2.05) is 12.1 Å². The standard InChI is InChI=1S/C27H32N2O2/c30-26(23-13-5-9-18-7-1-3-11-21(18)23)28-17-25(20-15-16-20)29-27(31)24-14-6-10-19-8-2-4-12-22(19)24/h1-4,7-8,11-12,20,23-25H,5-6,9-10,13-17H2,(H,28,30)(H,29,31). The molecular weight excluding hydrogens is 384 g/mol. The van der Waals surface area contributed by atoms with Gasteiger partial charge < -0.3 is 10.6 Å². The molecule has 3 atom stereocenters. The molecule has 2 amide bonds. The zero-order valence-electron chi connectivity index (χ0n) is 18.1. The summed E-state index contributed by atoms with van der Waals surface area (Å²) in [6.45, 7) is 0.530. The smallest absolute Gasteiger partial charge is 0.227 e. The van der Waals surface area contributed by atoms with E-state index in [0.717, 1.165) is 51.4 Å². The number of hydrogen-bond acceptors (Lipinski definition) is 2. The van der Waals surface area contributed by atoms with Gasteiger partial charge in [0.15, 0.2) is 0 Å². The van der Waals surface area contributed by atoms with Gasteiger partial charge in [-0.05, 0) is 79.5 Å². The van der Waals surface area contributed by atoms with Crippen molar-refractivity contribution < 1.29 is 9.59 Å². The van der Waals surface area contributed by atoms with Gasteiger partial charge in [0.05, 0.1) is 11.8 Å². The minimum Gasteiger partial charge on any atom is -0.354 e. The van der Waals surface area contributed by atoms with E-state index in [0.29, 0.717) is 12.5 Å². The van der Waals surface area contributed by atoms with Crippen LogP contribution in [0.3, 0.4) is 0 Å². The third-order valence-corrected chi connectivity index (χ3v) is 7.39. The van der Waals surface area contributed by atoms with Crippen LogP contribution in [0.15, 0.2) is 48.5 Å². The van der Waals surface area contributed by atoms with E-state index in [-0.39, 0.29) is 29.7 Å². The normalized spacial score (nSPS) is 23.2. The molecule has 0 saturated heterocycles. The van der Waals surface area contributed by atoms with Crippen LogP contribution in [0.2, 0.25) is 0 Å². The van der Waals surface area contributed by atoms with Gasteiger partial charge >= 0.3 is 0 Å². The van der Waals surface area contributed by atoms with E-state index in [4.69, 9.17) is 0 Å². The van der Waals surface area contributed by atoms with E-state index in [1.165, 1.54) is 22.3 Å². The Bertz CT molecular complexity index is 965. The van der Waals surface area contributed by atoms with Crippen LogP contribution in [0.4, 0.5) is 0 Å². The Hall–Kier alpha value is -2.62. The molecule has 5 rings (SSSR count). The van der Waals surface area contributed by atoms with E-state index in [1.54, 1.807) is 0 Å². The molecular formula is C27H32N2O2. The molecule has 0 bridgehead atoms. The minimum atomic E-state index is -0.0641. The molecule has 2 aromatic carbocycles. The molecule has 4 nitrogen and oxygen atoms in total. The predicted octanol–water partition coefficient (Wildman–Crippen LogP) is 4.24. The third-order valence-electron chi connectivity index (χ3n) is 7.39. The lowest BCUT2D eigenvalue weighted by Crippen LogP contribution is -2.47. The van der Waals surface area contributed by atoms with Gasteiger partial charge in [0, 0.05) is 12.6 Å². The number of amides is 2. The summed E-state index contributed by atoms with van der Waals surface area (Å²) < 4.78 is 0. The molecule has 3 aliphatic rings. The van der Waals surface area contributed by atoms with Gasteiger partial charge in [-0.2, -0.15) is 0 Å². The summed E-state index contributed by atoms with van der Waals surface area (Å²) >= 11 is 0. The van der Waals surface area contributed by atoms with Crippen molar-refractivity contribution in [1.29, 1.82) is 0 Å². The fourth-order valence-corrected chi connectivity index (χ4v) is 5.50. The van der Waals surface area contributed by atoms with Crippen molar-refractivity contribution in [1.82, 2.24) is 10.6 Å². The van der Waals surface area contributed by atoms with Crippen molar-refractivity contribution in [2.24, 2.45) is 5.92 Å². The summed E-state index contributed by atoms with van der Waals surface area (Å²) in [6, 6.07) is 16.7. The maximum atomic E-state index is 13.2. The van der Waals surface area contributed by atoms with Crippen LogP contribution in [0.5, 0.6) is 0 Å². The SMILES string of the molecule is O=C(NCC(NC(=O)C1CCCc2ccccc21)C1CC1)C1CCCc2ccccc21. The Morgan fingerprint density at radius 1 is 0.774 bits per heavy atom. The fraction of sp³-hybridized carbons (Fsp3) is 0.481. The van der Waals surface area contributed by atoms with Crippen LogP contribution in [-0.2, 0) is 22.4 Å². The van der Waals surface area contributed by atoms with Gasteiger partial charge in [0.2, 0.25) is 11.8 Å². The summed E-state index contributed by atoms with van der Waals surface area (Å²) in [5.41, 5.74) is 4.97. The van der Waals surface area contributed by atoms with Crippen molar-refractivity contribution >= 4 is 11.8 Å². The fourth-order valence-electron chi connectivity index (χ4n) is 5.50. The Morgan fingerprint density at radius 2 is 1.32 bits per heavy atom. The van der Waals surface area contributed by atoms with Gasteiger partial charge in [-0.25, -0.2) is 0 Å². The monoisotopic (exact) mass is 416 g/mol. The lowest BCUT2D eigenvalue weighted by atomic mass is 9.82. The van der Waals surface area contributed by atoms with Gasteiger partial charge in [-0.3, -0.25) is 9.59 Å². The lowest BCUT2D eigenvalue weighted by Gasteiger charge is -2.28. The summed E-state index contributed by atoms with van der Waals surface area (Å²) in [7, 11) is 0. The molecule has 162 valence electrons. The first-order valence-electron chi connectivity index (χ1n) is 11.9. The van der Waals surface area contributed by atoms with E-state index >= 15 is 0 Å². The number of carbonyl (C=O) groups is 2. The van der Waals surface area contributed by atoms with Gasteiger partial charge in [-0.1, -0.05) is 48.5 Å². The number of rotatable bonds is 6. The second kappa shape index (κ2) is 8.86. The van der Waals surface area contributed by atoms with Crippen molar-refractivity contribution in [2.45, 2.75) is 69.2 Å². The molecule has 2 N–H and O–H groups in total. The molecule has 0 spiro atoms. The average molecular weight is 417 g/mol. The Kier molecular flexibility index (Phi) is 5.80. The first kappa shape index (κ1) is 20.3. The quantitative estimate of drug-likeness (QED) is 0.740. The van der Waals surface area contributed by atoms with Crippen LogP contribution < -0.4 is 10.6 Å². The second-order valence-corrected chi connectivity index (χ2v) is 9.48. The van der Waals surface area contributed by atoms with Gasteiger partial charge in [-0.15, -0.1) is 0 Å². The summed E-state index contributed by atoms with van der Waals surface area (Å²) in [6.07, 6.45) is 8.31. The van der Waals surface area contributed by atoms with E-state index in [9.17, 15) is 9.59 Å². The van der Waals surface area contributed by atoms with Gasteiger partial charge in [0.25, 0.3) is 0 Å². The first-order valence-corrected chi connectivity index (χ1v) is 11.9. The molecule has 31 heavy (non-hydrogen) atoms. The Labute approximate surface area is 184 Å². The number of aryl methyl sites for hydroxylation is 2. The molecule has 4 heteroatoms. The van der Waals surface area contributed by atoms with Crippen LogP contribution in [0.25, 0.3) is 0 Å². The summed E-state index contributed by atoms with van der Waals surface area (Å²) in [5.74, 6) is 0.593. The van der Waals surface area contributed by atoms with Crippen molar-refractivity contribution in [3.63, 3.8) is 0 Å². The molecule has 1 saturated carbocycles. The van der Waals surface area contributed by atoms with Crippen molar-refractivity contribution in [3.05, 3.63) is 70.8 Å². The molecule has 2 aromatic rings. The van der Waals surface area contributed by atoms with Crippen molar-refractivity contribution in [3.8, 4) is 0 Å². The number of fused-ring (bicyclic) bond motifs is 2. The molecule has 0 aliphatic heterocycles. The second-order valence-electron chi connectivity index (χ2n) is 9.48. The molecule has 3 unspecified atom stereocenters. The number of hydrogen-bond donors (Lipinski definition) is 2. The highest BCUT2D eigenvalue weighted by atomic mass is 16.2. The van der Waals surface area contributed by atoms with Crippen LogP contribution in [0.1, 0.15) is 72.6 Å². The molecule has 1 fully saturated rings. The maximum absolute atomic E-state index is 13.2. The lowest BCUT2D eigenvalue weighted by molar-refractivity contribution is -0.125. The maximum Gasteiger partial charge on any atom is 0.227 e. The topological polar surface area (TPSA) is 58.2 Å².